The molecule has 1 fully saturated rings. The highest BCUT2D eigenvalue weighted by molar-refractivity contribution is 5.44. The molecule has 0 N–H and O–H groups in total. The number of hydrogen-bond donors (Lipinski definition) is 0. The molecule has 2 aromatic carbocycles. The Balaban J connectivity index is 1.47. The Labute approximate surface area is 169 Å². The molecular formula is C21H24N6O2. The Bertz CT molecular complexity index is 968. The third-order valence-electron chi connectivity index (χ3n) is 5.59. The van der Waals surface area contributed by atoms with E-state index in [-0.39, 0.29) is 12.8 Å². The van der Waals surface area contributed by atoms with Gasteiger partial charge >= 0.3 is 0 Å². The highest BCUT2D eigenvalue weighted by Gasteiger charge is 2.30. The number of nitrogens with zero attached hydrogens (tertiary/aromatic N) is 6. The van der Waals surface area contributed by atoms with Gasteiger partial charge in [-0.05, 0) is 40.7 Å². The second-order valence-electron chi connectivity index (χ2n) is 7.53. The van der Waals surface area contributed by atoms with Gasteiger partial charge in [-0.2, -0.15) is 0 Å². The summed E-state index contributed by atoms with van der Waals surface area (Å²) in [6, 6.07) is 16.5. The monoisotopic (exact) mass is 392 g/mol. The van der Waals surface area contributed by atoms with Crippen LogP contribution < -0.4 is 9.47 Å². The zero-order chi connectivity index (χ0) is 19.6. The van der Waals surface area contributed by atoms with Crippen molar-refractivity contribution < 1.29 is 9.47 Å². The highest BCUT2D eigenvalue weighted by Crippen LogP contribution is 2.33. The van der Waals surface area contributed by atoms with Crippen LogP contribution in [0.3, 0.4) is 0 Å². The van der Waals surface area contributed by atoms with E-state index in [2.05, 4.69) is 56.6 Å². The van der Waals surface area contributed by atoms with E-state index < -0.39 is 0 Å². The lowest BCUT2D eigenvalue weighted by Crippen LogP contribution is -2.46. The molecule has 8 heteroatoms. The molecule has 8 nitrogen and oxygen atoms in total. The normalized spacial score (nSPS) is 18.1. The summed E-state index contributed by atoms with van der Waals surface area (Å²) in [7, 11) is 2.17. The third kappa shape index (κ3) is 3.68. The van der Waals surface area contributed by atoms with Crippen molar-refractivity contribution in [3.63, 3.8) is 0 Å². The maximum Gasteiger partial charge on any atom is 0.231 e. The second-order valence-corrected chi connectivity index (χ2v) is 7.53. The minimum absolute atomic E-state index is 0.0221. The molecule has 2 aliphatic rings. The van der Waals surface area contributed by atoms with Gasteiger partial charge in [0.15, 0.2) is 17.3 Å². The Morgan fingerprint density at radius 2 is 1.76 bits per heavy atom. The first-order valence-corrected chi connectivity index (χ1v) is 9.90. The summed E-state index contributed by atoms with van der Waals surface area (Å²) in [6.45, 7) is 4.88. The summed E-state index contributed by atoms with van der Waals surface area (Å²) in [5, 5.41) is 12.8. The largest absolute Gasteiger partial charge is 0.454 e. The molecule has 1 atom stereocenters. The Hall–Kier alpha value is -2.97. The second kappa shape index (κ2) is 7.81. The number of likely N-dealkylation sites (N-methyl/N-ethyl adjacent to an activating group) is 1. The van der Waals surface area contributed by atoms with Crippen LogP contribution in [-0.2, 0) is 6.54 Å². The van der Waals surface area contributed by atoms with E-state index >= 15 is 0 Å². The molecular weight excluding hydrogens is 368 g/mol. The minimum atomic E-state index is 0.0221. The van der Waals surface area contributed by atoms with Crippen LogP contribution in [0.25, 0.3) is 0 Å². The summed E-state index contributed by atoms with van der Waals surface area (Å²) >= 11 is 0. The van der Waals surface area contributed by atoms with Crippen molar-refractivity contribution in [1.82, 2.24) is 30.0 Å². The molecule has 0 amide bonds. The summed E-state index contributed by atoms with van der Waals surface area (Å²) in [6.07, 6.45) is 0. The number of benzene rings is 2. The Morgan fingerprint density at radius 3 is 2.59 bits per heavy atom. The standard InChI is InChI=1S/C21H24N6O2/c1-25-9-11-26(12-10-25)20(17-5-3-2-4-6-17)21-22-23-24-27(21)14-16-7-8-18-19(13-16)29-15-28-18/h2-8,13,20H,9-12,14-15H2,1H3/t20-/m1/s1. The van der Waals surface area contributed by atoms with Gasteiger partial charge < -0.3 is 14.4 Å². The molecule has 0 unspecified atom stereocenters. The number of ether oxygens (including phenoxy) is 2. The van der Waals surface area contributed by atoms with Crippen molar-refractivity contribution in [2.24, 2.45) is 0 Å². The SMILES string of the molecule is CN1CCN([C@H](c2ccccc2)c2nnnn2Cc2ccc3c(c2)OCO3)CC1. The fourth-order valence-corrected chi connectivity index (χ4v) is 3.97. The lowest BCUT2D eigenvalue weighted by molar-refractivity contribution is 0.121. The van der Waals surface area contributed by atoms with E-state index in [1.54, 1.807) is 0 Å². The fraction of sp³-hybridized carbons (Fsp3) is 0.381. The topological polar surface area (TPSA) is 68.5 Å². The summed E-state index contributed by atoms with van der Waals surface area (Å²) in [4.78, 5) is 4.82. The predicted octanol–water partition coefficient (Wildman–Crippen LogP) is 1.79. The number of hydrogen-bond acceptors (Lipinski definition) is 7. The average molecular weight is 392 g/mol. The lowest BCUT2D eigenvalue weighted by Gasteiger charge is -2.37. The van der Waals surface area contributed by atoms with Gasteiger partial charge in [0.05, 0.1) is 12.6 Å². The van der Waals surface area contributed by atoms with Gasteiger partial charge in [-0.1, -0.05) is 36.4 Å². The van der Waals surface area contributed by atoms with Gasteiger partial charge in [-0.3, -0.25) is 4.90 Å². The van der Waals surface area contributed by atoms with E-state index in [0.717, 1.165) is 49.1 Å². The van der Waals surface area contributed by atoms with E-state index in [0.29, 0.717) is 6.54 Å². The van der Waals surface area contributed by atoms with Crippen LogP contribution in [0.4, 0.5) is 0 Å². The molecule has 0 spiro atoms. The van der Waals surface area contributed by atoms with Crippen LogP contribution in [0.15, 0.2) is 48.5 Å². The molecule has 1 aromatic heterocycles. The van der Waals surface area contributed by atoms with Gasteiger partial charge in [0.1, 0.15) is 0 Å². The van der Waals surface area contributed by atoms with Gasteiger partial charge in [-0.15, -0.1) is 5.10 Å². The quantitative estimate of drug-likeness (QED) is 0.656. The molecule has 0 radical (unpaired) electrons. The Morgan fingerprint density at radius 1 is 0.966 bits per heavy atom. The summed E-state index contributed by atoms with van der Waals surface area (Å²) in [5.41, 5.74) is 2.28. The average Bonchev–Trinajstić information content (AvgIpc) is 3.40. The summed E-state index contributed by atoms with van der Waals surface area (Å²) < 4.78 is 12.8. The smallest absolute Gasteiger partial charge is 0.231 e. The van der Waals surface area contributed by atoms with E-state index in [9.17, 15) is 0 Å². The minimum Gasteiger partial charge on any atom is -0.454 e. The predicted molar refractivity (Wildman–Crippen MR) is 107 cm³/mol. The number of tetrazole rings is 1. The van der Waals surface area contributed by atoms with Crippen LogP contribution in [0.1, 0.15) is 23.0 Å². The molecule has 1 saturated heterocycles. The Kier molecular flexibility index (Phi) is 4.87. The van der Waals surface area contributed by atoms with Gasteiger partial charge in [0.25, 0.3) is 0 Å². The van der Waals surface area contributed by atoms with Crippen molar-refractivity contribution >= 4 is 0 Å². The summed E-state index contributed by atoms with van der Waals surface area (Å²) in [5.74, 6) is 2.42. The number of aromatic nitrogens is 4. The first kappa shape index (κ1) is 18.1. The van der Waals surface area contributed by atoms with Crippen LogP contribution >= 0.6 is 0 Å². The van der Waals surface area contributed by atoms with E-state index in [1.165, 1.54) is 5.56 Å². The highest BCUT2D eigenvalue weighted by atomic mass is 16.7. The third-order valence-corrected chi connectivity index (χ3v) is 5.59. The molecule has 0 aliphatic carbocycles. The number of fused-ring (bicyclic) bond motifs is 1. The fourth-order valence-electron chi connectivity index (χ4n) is 3.97. The van der Waals surface area contributed by atoms with E-state index in [4.69, 9.17) is 9.47 Å². The number of piperazine rings is 1. The van der Waals surface area contributed by atoms with Gasteiger partial charge in [0.2, 0.25) is 6.79 Å². The maximum atomic E-state index is 5.51. The molecule has 29 heavy (non-hydrogen) atoms. The molecule has 150 valence electrons. The lowest BCUT2D eigenvalue weighted by atomic mass is 10.0. The van der Waals surface area contributed by atoms with Crippen molar-refractivity contribution in [2.75, 3.05) is 40.0 Å². The van der Waals surface area contributed by atoms with Crippen molar-refractivity contribution in [3.8, 4) is 11.5 Å². The van der Waals surface area contributed by atoms with Crippen molar-refractivity contribution in [2.45, 2.75) is 12.6 Å². The molecule has 0 saturated carbocycles. The molecule has 0 bridgehead atoms. The van der Waals surface area contributed by atoms with Gasteiger partial charge in [0, 0.05) is 26.2 Å². The van der Waals surface area contributed by atoms with Crippen molar-refractivity contribution in [1.29, 1.82) is 0 Å². The molecule has 2 aliphatic heterocycles. The molecule has 3 heterocycles. The number of rotatable bonds is 5. The van der Waals surface area contributed by atoms with Crippen LogP contribution in [0.2, 0.25) is 0 Å². The van der Waals surface area contributed by atoms with Crippen LogP contribution in [0.5, 0.6) is 11.5 Å². The van der Waals surface area contributed by atoms with Crippen LogP contribution in [0, 0.1) is 0 Å². The molecule has 5 rings (SSSR count). The van der Waals surface area contributed by atoms with Crippen molar-refractivity contribution in [3.05, 3.63) is 65.5 Å². The van der Waals surface area contributed by atoms with E-state index in [1.807, 2.05) is 28.9 Å². The van der Waals surface area contributed by atoms with Crippen LogP contribution in [-0.4, -0.2) is 70.0 Å². The first-order chi connectivity index (χ1) is 14.3. The van der Waals surface area contributed by atoms with Gasteiger partial charge in [-0.25, -0.2) is 4.68 Å². The first-order valence-electron chi connectivity index (χ1n) is 9.90. The zero-order valence-electron chi connectivity index (χ0n) is 16.4. The zero-order valence-corrected chi connectivity index (χ0v) is 16.4. The maximum absolute atomic E-state index is 5.51. The molecule has 3 aromatic rings.